The number of nitrogens with one attached hydrogen (secondary N) is 4. The smallest absolute Gasteiger partial charge is 0.251 e. The van der Waals surface area contributed by atoms with Gasteiger partial charge in [0.1, 0.15) is 0 Å². The van der Waals surface area contributed by atoms with Gasteiger partial charge in [0.2, 0.25) is 11.9 Å². The van der Waals surface area contributed by atoms with Gasteiger partial charge < -0.3 is 30.7 Å². The van der Waals surface area contributed by atoms with Crippen molar-refractivity contribution in [3.05, 3.63) is 83.7 Å². The molecule has 0 bridgehead atoms. The molecule has 5 rings (SSSR count). The Labute approximate surface area is 250 Å². The number of likely N-dealkylation sites (N-methyl/N-ethyl adjacent to an activating group) is 2. The third-order valence-corrected chi connectivity index (χ3v) is 7.32. The molecule has 10 nitrogen and oxygen atoms in total. The van der Waals surface area contributed by atoms with Gasteiger partial charge in [-0.05, 0) is 57.9 Å². The zero-order valence-electron chi connectivity index (χ0n) is 23.9. The molecule has 42 heavy (non-hydrogen) atoms. The van der Waals surface area contributed by atoms with Crippen LogP contribution in [0.25, 0.3) is 22.2 Å². The Hall–Kier alpha value is -4.25. The van der Waals surface area contributed by atoms with Gasteiger partial charge in [-0.2, -0.15) is 0 Å². The van der Waals surface area contributed by atoms with Crippen LogP contribution in [0.2, 0.25) is 5.02 Å². The van der Waals surface area contributed by atoms with Crippen molar-refractivity contribution in [1.29, 1.82) is 0 Å². The monoisotopic (exact) mass is 586 g/mol. The maximum atomic E-state index is 13.0. The number of likely N-dealkylation sites (tertiary alicyclic amines) is 1. The Balaban J connectivity index is 1.20. The average Bonchev–Trinajstić information content (AvgIpc) is 3.38. The lowest BCUT2D eigenvalue weighted by molar-refractivity contribution is -0.111. The van der Waals surface area contributed by atoms with Crippen molar-refractivity contribution in [2.24, 2.45) is 0 Å². The summed E-state index contributed by atoms with van der Waals surface area (Å²) in [6, 6.07) is 14.8. The van der Waals surface area contributed by atoms with Crippen LogP contribution in [0.1, 0.15) is 16.8 Å². The van der Waals surface area contributed by atoms with Crippen molar-refractivity contribution in [3.8, 4) is 11.3 Å². The number of anilines is 2. The maximum Gasteiger partial charge on any atom is 0.251 e. The molecule has 11 heteroatoms. The number of nitrogens with zero attached hydrogens (tertiary/aromatic N) is 4. The highest BCUT2D eigenvalue weighted by atomic mass is 35.5. The number of benzene rings is 2. The molecule has 1 fully saturated rings. The predicted octanol–water partition coefficient (Wildman–Crippen LogP) is 4.25. The number of para-hydroxylation sites is 1. The molecule has 0 spiro atoms. The number of hydrogen-bond acceptors (Lipinski definition) is 7. The van der Waals surface area contributed by atoms with Crippen LogP contribution in [-0.2, 0) is 4.79 Å². The molecule has 3 heterocycles. The molecule has 1 aliphatic rings. The summed E-state index contributed by atoms with van der Waals surface area (Å²) in [5.74, 6) is 0.109. The Kier molecular flexibility index (Phi) is 9.16. The second-order valence-corrected chi connectivity index (χ2v) is 11.2. The largest absolute Gasteiger partial charge is 0.360 e. The first-order valence-electron chi connectivity index (χ1n) is 13.8. The molecule has 2 aromatic carbocycles. The number of amides is 2. The van der Waals surface area contributed by atoms with Crippen LogP contribution in [0.15, 0.2) is 73.1 Å². The first-order valence-corrected chi connectivity index (χ1v) is 14.2. The molecule has 2 aromatic heterocycles. The molecular formula is C31H35ClN8O2. The van der Waals surface area contributed by atoms with Crippen molar-refractivity contribution < 1.29 is 9.59 Å². The van der Waals surface area contributed by atoms with E-state index in [2.05, 4.69) is 30.8 Å². The average molecular weight is 587 g/mol. The molecule has 4 aromatic rings. The standard InChI is InChI=1S/C31H35ClN8O2/c1-39(2)14-6-9-28(41)35-21-12-10-20(11-13-21)30(42)36-22-15-23(19-40(3)18-22)37-31-34-17-26(32)29(38-31)25-16-33-27-8-5-4-7-24(25)27/h4-13,16-17,22-23,33H,14-15,18-19H2,1-3H3,(H,35,41)(H,36,42)(H,34,37,38). The van der Waals surface area contributed by atoms with Gasteiger partial charge in [-0.25, -0.2) is 9.97 Å². The van der Waals surface area contributed by atoms with Crippen molar-refractivity contribution >= 4 is 46.0 Å². The number of carbonyl (C=O) groups excluding carboxylic acids is 2. The van der Waals surface area contributed by atoms with E-state index in [-0.39, 0.29) is 23.9 Å². The topological polar surface area (TPSA) is 118 Å². The zero-order chi connectivity index (χ0) is 29.6. The molecule has 0 saturated carbocycles. The van der Waals surface area contributed by atoms with Crippen LogP contribution in [-0.4, -0.2) is 89.4 Å². The van der Waals surface area contributed by atoms with Crippen molar-refractivity contribution in [2.75, 3.05) is 51.4 Å². The normalized spacial score (nSPS) is 17.5. The first kappa shape index (κ1) is 29.2. The lowest BCUT2D eigenvalue weighted by atomic mass is 10.0. The summed E-state index contributed by atoms with van der Waals surface area (Å²) in [5.41, 5.74) is 3.74. The van der Waals surface area contributed by atoms with E-state index in [0.29, 0.717) is 40.9 Å². The summed E-state index contributed by atoms with van der Waals surface area (Å²) in [6.45, 7) is 2.18. The highest BCUT2D eigenvalue weighted by molar-refractivity contribution is 6.33. The van der Waals surface area contributed by atoms with Gasteiger partial charge in [-0.1, -0.05) is 35.9 Å². The second kappa shape index (κ2) is 13.2. The minimum atomic E-state index is -0.212. The predicted molar refractivity (Wildman–Crippen MR) is 168 cm³/mol. The summed E-state index contributed by atoms with van der Waals surface area (Å²) in [4.78, 5) is 41.7. The van der Waals surface area contributed by atoms with Crippen molar-refractivity contribution in [3.63, 3.8) is 0 Å². The van der Waals surface area contributed by atoms with Gasteiger partial charge >= 0.3 is 0 Å². The summed E-state index contributed by atoms with van der Waals surface area (Å²) < 4.78 is 0. The van der Waals surface area contributed by atoms with Crippen molar-refractivity contribution in [2.45, 2.75) is 18.5 Å². The summed E-state index contributed by atoms with van der Waals surface area (Å²) in [6.07, 6.45) is 7.53. The third kappa shape index (κ3) is 7.33. The Morgan fingerprint density at radius 3 is 2.67 bits per heavy atom. The molecule has 2 atom stereocenters. The lowest BCUT2D eigenvalue weighted by Crippen LogP contribution is -2.53. The van der Waals surface area contributed by atoms with Crippen LogP contribution >= 0.6 is 11.6 Å². The number of hydrogen-bond donors (Lipinski definition) is 4. The highest BCUT2D eigenvalue weighted by Gasteiger charge is 2.27. The van der Waals surface area contributed by atoms with E-state index in [4.69, 9.17) is 16.6 Å². The van der Waals surface area contributed by atoms with E-state index < -0.39 is 0 Å². The number of carbonyl (C=O) groups is 2. The van der Waals surface area contributed by atoms with Crippen LogP contribution in [0.3, 0.4) is 0 Å². The van der Waals surface area contributed by atoms with E-state index in [9.17, 15) is 9.59 Å². The summed E-state index contributed by atoms with van der Waals surface area (Å²) in [5, 5.41) is 10.9. The number of fused-ring (bicyclic) bond motifs is 1. The highest BCUT2D eigenvalue weighted by Crippen LogP contribution is 2.32. The number of piperidine rings is 1. The summed E-state index contributed by atoms with van der Waals surface area (Å²) in [7, 11) is 5.89. The van der Waals surface area contributed by atoms with E-state index >= 15 is 0 Å². The van der Waals surface area contributed by atoms with Crippen LogP contribution < -0.4 is 16.0 Å². The van der Waals surface area contributed by atoms with Gasteiger partial charge in [0, 0.05) is 71.7 Å². The van der Waals surface area contributed by atoms with E-state index in [1.165, 1.54) is 6.08 Å². The Morgan fingerprint density at radius 2 is 1.88 bits per heavy atom. The quantitative estimate of drug-likeness (QED) is 0.217. The molecular weight excluding hydrogens is 552 g/mol. The Morgan fingerprint density at radius 1 is 1.12 bits per heavy atom. The van der Waals surface area contributed by atoms with Gasteiger partial charge in [0.25, 0.3) is 5.91 Å². The molecule has 1 aliphatic heterocycles. The molecule has 0 aliphatic carbocycles. The van der Waals surface area contributed by atoms with Crippen LogP contribution in [0.4, 0.5) is 11.6 Å². The minimum absolute atomic E-state index is 0.0178. The van der Waals surface area contributed by atoms with E-state index in [1.54, 1.807) is 36.5 Å². The van der Waals surface area contributed by atoms with E-state index in [0.717, 1.165) is 29.6 Å². The molecule has 4 N–H and O–H groups in total. The number of rotatable bonds is 9. The fourth-order valence-electron chi connectivity index (χ4n) is 5.13. The van der Waals surface area contributed by atoms with Gasteiger partial charge in [0.05, 0.1) is 16.9 Å². The number of aromatic nitrogens is 3. The second-order valence-electron chi connectivity index (χ2n) is 10.8. The Bertz CT molecular complexity index is 1580. The maximum absolute atomic E-state index is 13.0. The minimum Gasteiger partial charge on any atom is -0.360 e. The third-order valence-electron chi connectivity index (χ3n) is 7.04. The van der Waals surface area contributed by atoms with Crippen LogP contribution in [0.5, 0.6) is 0 Å². The van der Waals surface area contributed by atoms with Gasteiger partial charge in [-0.3, -0.25) is 9.59 Å². The fraction of sp³-hybridized carbons (Fsp3) is 0.290. The first-order chi connectivity index (χ1) is 20.2. The van der Waals surface area contributed by atoms with E-state index in [1.807, 2.05) is 56.5 Å². The molecule has 218 valence electrons. The van der Waals surface area contributed by atoms with Gasteiger partial charge in [-0.15, -0.1) is 0 Å². The number of halogens is 1. The number of H-pyrrole nitrogens is 1. The van der Waals surface area contributed by atoms with Crippen LogP contribution in [0, 0.1) is 0 Å². The van der Waals surface area contributed by atoms with Crippen molar-refractivity contribution in [1.82, 2.24) is 30.1 Å². The zero-order valence-corrected chi connectivity index (χ0v) is 24.7. The summed E-state index contributed by atoms with van der Waals surface area (Å²) >= 11 is 6.51. The molecule has 0 radical (unpaired) electrons. The molecule has 2 unspecified atom stereocenters. The molecule has 1 saturated heterocycles. The molecule has 2 amide bonds. The number of aromatic amines is 1. The van der Waals surface area contributed by atoms with Gasteiger partial charge in [0.15, 0.2) is 0 Å². The fourth-order valence-corrected chi connectivity index (χ4v) is 5.33. The SMILES string of the molecule is CN(C)CC=CC(=O)Nc1ccc(C(=O)NC2CC(Nc3ncc(Cl)c(-c4c[nH]c5ccccc45)n3)CN(C)C2)cc1. The lowest BCUT2D eigenvalue weighted by Gasteiger charge is -2.36.